The van der Waals surface area contributed by atoms with Crippen molar-refractivity contribution in [2.45, 2.75) is 233 Å². The maximum absolute atomic E-state index is 11.6. The van der Waals surface area contributed by atoms with Crippen LogP contribution in [0.4, 0.5) is 0 Å². The number of hydrogen-bond acceptors (Lipinski definition) is 8. The molecular formula is C40H84NiO8P2. The van der Waals surface area contributed by atoms with E-state index in [0.29, 0.717) is 0 Å². The Morgan fingerprint density at radius 3 is 0.588 bits per heavy atom. The van der Waals surface area contributed by atoms with Gasteiger partial charge in [-0.2, -0.15) is 0 Å². The van der Waals surface area contributed by atoms with Crippen LogP contribution in [0, 0.1) is 0 Å². The van der Waals surface area contributed by atoms with Crippen molar-refractivity contribution in [1.29, 1.82) is 0 Å². The van der Waals surface area contributed by atoms with E-state index in [-0.39, 0.29) is 42.9 Å². The molecule has 0 heterocycles. The first-order chi connectivity index (χ1) is 24.2. The Morgan fingerprint density at radius 2 is 0.431 bits per heavy atom. The van der Waals surface area contributed by atoms with Crippen LogP contribution < -0.4 is 9.79 Å². The zero-order valence-electron chi connectivity index (χ0n) is 33.9. The van der Waals surface area contributed by atoms with Gasteiger partial charge in [0.1, 0.15) is 0 Å². The average Bonchev–Trinajstić information content (AvgIpc) is 3.09. The van der Waals surface area contributed by atoms with E-state index < -0.39 is 15.6 Å². The molecule has 11 heteroatoms. The van der Waals surface area contributed by atoms with Gasteiger partial charge in [0.2, 0.25) is 0 Å². The third-order valence-corrected chi connectivity index (χ3v) is 11.0. The quantitative estimate of drug-likeness (QED) is 0.0341. The monoisotopic (exact) mass is 812 g/mol. The molecular weight excluding hydrogens is 729 g/mol. The fourth-order valence-electron chi connectivity index (χ4n) is 5.72. The van der Waals surface area contributed by atoms with Crippen LogP contribution in [-0.4, -0.2) is 26.4 Å². The number of phosphoric ester groups is 2. The second-order valence-corrected chi connectivity index (χ2v) is 16.9. The summed E-state index contributed by atoms with van der Waals surface area (Å²) in [5, 5.41) is 0. The molecule has 0 aliphatic heterocycles. The zero-order chi connectivity index (χ0) is 37.3. The SMILES string of the molecule is CCCCCCCCCCOP(=O)([O-])OCCCCCCCCCC.CCCCCCCCCCOP(=O)([O-])OCCCCCCCCCC.[Ni+2]. The number of hydrogen-bond donors (Lipinski definition) is 0. The summed E-state index contributed by atoms with van der Waals surface area (Å²) in [5.41, 5.74) is 0. The molecule has 0 saturated carbocycles. The van der Waals surface area contributed by atoms with Gasteiger partial charge in [0.15, 0.2) is 0 Å². The second kappa shape index (κ2) is 45.1. The van der Waals surface area contributed by atoms with E-state index in [1.54, 1.807) is 0 Å². The minimum atomic E-state index is -4.08. The molecule has 0 radical (unpaired) electrons. The van der Waals surface area contributed by atoms with Crippen molar-refractivity contribution in [3.63, 3.8) is 0 Å². The Morgan fingerprint density at radius 1 is 0.294 bits per heavy atom. The summed E-state index contributed by atoms with van der Waals surface area (Å²) < 4.78 is 43.0. The molecule has 0 spiro atoms. The number of rotatable bonds is 40. The first-order valence-electron chi connectivity index (χ1n) is 21.4. The first-order valence-corrected chi connectivity index (χ1v) is 24.4. The van der Waals surface area contributed by atoms with Crippen LogP contribution >= 0.6 is 15.6 Å². The summed E-state index contributed by atoms with van der Waals surface area (Å²) in [6.45, 7) is 9.90. The molecule has 0 aliphatic carbocycles. The zero-order valence-corrected chi connectivity index (χ0v) is 36.7. The van der Waals surface area contributed by atoms with E-state index in [1.165, 1.54) is 128 Å². The van der Waals surface area contributed by atoms with Gasteiger partial charge in [-0.3, -0.25) is 9.13 Å². The van der Waals surface area contributed by atoms with Crippen LogP contribution in [0.1, 0.15) is 233 Å². The smallest absolute Gasteiger partial charge is 0.756 e. The summed E-state index contributed by atoms with van der Waals surface area (Å²) in [4.78, 5) is 23.3. The molecule has 0 fully saturated rings. The Labute approximate surface area is 327 Å². The summed E-state index contributed by atoms with van der Waals surface area (Å²) in [7, 11) is -8.17. The second-order valence-electron chi connectivity index (χ2n) is 14.1. The molecule has 0 N–H and O–H groups in total. The van der Waals surface area contributed by atoms with Gasteiger partial charge >= 0.3 is 16.5 Å². The maximum atomic E-state index is 11.6. The summed E-state index contributed by atoms with van der Waals surface area (Å²) in [6.07, 6.45) is 37.7. The molecule has 312 valence electrons. The van der Waals surface area contributed by atoms with Crippen molar-refractivity contribution >= 4 is 15.6 Å². The van der Waals surface area contributed by atoms with Crippen molar-refractivity contribution in [1.82, 2.24) is 0 Å². The Kier molecular flexibility index (Phi) is 49.6. The van der Waals surface area contributed by atoms with Gasteiger partial charge < -0.3 is 27.9 Å². The molecule has 51 heavy (non-hydrogen) atoms. The fourth-order valence-corrected chi connectivity index (χ4v) is 7.28. The molecule has 0 aromatic heterocycles. The molecule has 8 nitrogen and oxygen atoms in total. The van der Waals surface area contributed by atoms with Crippen LogP contribution in [0.2, 0.25) is 0 Å². The van der Waals surface area contributed by atoms with Crippen LogP contribution in [-0.2, 0) is 43.7 Å². The summed E-state index contributed by atoms with van der Waals surface area (Å²) >= 11 is 0. The van der Waals surface area contributed by atoms with Crippen LogP contribution in [0.3, 0.4) is 0 Å². The molecule has 0 bridgehead atoms. The Balaban J connectivity index is -0.000000886. The van der Waals surface area contributed by atoms with Gasteiger partial charge in [0.25, 0.3) is 15.6 Å². The summed E-state index contributed by atoms with van der Waals surface area (Å²) in [5.74, 6) is 0. The molecule has 0 atom stereocenters. The molecule has 0 aromatic carbocycles. The van der Waals surface area contributed by atoms with E-state index in [0.717, 1.165) is 77.0 Å². The Hall–Kier alpha value is 0.714. The minimum absolute atomic E-state index is 0. The summed E-state index contributed by atoms with van der Waals surface area (Å²) in [6, 6.07) is 0. The molecule has 0 aromatic rings. The van der Waals surface area contributed by atoms with Gasteiger partial charge in [-0.1, -0.05) is 207 Å². The standard InChI is InChI=1S/2C20H43O4P.Ni/c2*1-3-5-7-9-11-13-15-17-19-23-25(21,22)24-20-18-16-14-12-10-8-6-4-2;/h2*3-20H2,1-2H3,(H,21,22);/q;;+2/p-2. The maximum Gasteiger partial charge on any atom is 2.00 e. The topological polar surface area (TPSA) is 117 Å². The molecule has 0 aliphatic rings. The molecule has 0 saturated heterocycles. The third-order valence-electron chi connectivity index (χ3n) is 8.99. The fraction of sp³-hybridized carbons (Fsp3) is 1.00. The van der Waals surface area contributed by atoms with Crippen molar-refractivity contribution in [3.05, 3.63) is 0 Å². The van der Waals surface area contributed by atoms with Crippen LogP contribution in [0.15, 0.2) is 0 Å². The predicted molar refractivity (Wildman–Crippen MR) is 209 cm³/mol. The van der Waals surface area contributed by atoms with E-state index in [2.05, 4.69) is 27.7 Å². The number of unbranched alkanes of at least 4 members (excludes halogenated alkanes) is 28. The van der Waals surface area contributed by atoms with Crippen LogP contribution in [0.5, 0.6) is 0 Å². The van der Waals surface area contributed by atoms with E-state index in [1.807, 2.05) is 0 Å². The van der Waals surface area contributed by atoms with Gasteiger partial charge in [0.05, 0.1) is 26.4 Å². The number of phosphoric acid groups is 2. The van der Waals surface area contributed by atoms with E-state index in [4.69, 9.17) is 18.1 Å². The molecule has 0 rings (SSSR count). The van der Waals surface area contributed by atoms with Gasteiger partial charge in [-0.15, -0.1) is 0 Å². The molecule has 0 amide bonds. The van der Waals surface area contributed by atoms with Gasteiger partial charge in [0, 0.05) is 0 Å². The average molecular weight is 814 g/mol. The van der Waals surface area contributed by atoms with Gasteiger partial charge in [-0.25, -0.2) is 0 Å². The van der Waals surface area contributed by atoms with Gasteiger partial charge in [-0.05, 0) is 25.7 Å². The van der Waals surface area contributed by atoms with Crippen molar-refractivity contribution in [2.75, 3.05) is 26.4 Å². The van der Waals surface area contributed by atoms with Crippen molar-refractivity contribution < 1.29 is 53.5 Å². The van der Waals surface area contributed by atoms with E-state index in [9.17, 15) is 18.9 Å². The minimum Gasteiger partial charge on any atom is -0.756 e. The van der Waals surface area contributed by atoms with Crippen molar-refractivity contribution in [2.24, 2.45) is 0 Å². The third kappa shape index (κ3) is 50.7. The predicted octanol–water partition coefficient (Wildman–Crippen LogP) is 13.5. The molecule has 0 unspecified atom stereocenters. The van der Waals surface area contributed by atoms with Crippen LogP contribution in [0.25, 0.3) is 0 Å². The van der Waals surface area contributed by atoms with E-state index >= 15 is 0 Å². The largest absolute Gasteiger partial charge is 2.00 e. The van der Waals surface area contributed by atoms with Crippen molar-refractivity contribution in [3.8, 4) is 0 Å². The Bertz CT molecular complexity index is 635. The normalized spacial score (nSPS) is 11.7. The first kappa shape index (κ1) is 56.0.